The van der Waals surface area contributed by atoms with Gasteiger partial charge in [-0.2, -0.15) is 0 Å². The Morgan fingerprint density at radius 3 is 2.42 bits per heavy atom. The van der Waals surface area contributed by atoms with Gasteiger partial charge in [0.2, 0.25) is 0 Å². The molecule has 1 N–H and O–H groups in total. The summed E-state index contributed by atoms with van der Waals surface area (Å²) in [4.78, 5) is 22.9. The van der Waals surface area contributed by atoms with E-state index in [1.165, 1.54) is 6.92 Å². The molecule has 19 heavy (non-hydrogen) atoms. The van der Waals surface area contributed by atoms with Crippen LogP contribution in [-0.4, -0.2) is 17.5 Å². The second kappa shape index (κ2) is 6.19. The molecule has 1 aromatic carbocycles. The number of rotatable bonds is 3. The van der Waals surface area contributed by atoms with E-state index in [1.807, 2.05) is 6.07 Å². The largest absolute Gasteiger partial charge is 0.444 e. The summed E-state index contributed by atoms with van der Waals surface area (Å²) in [5.74, 6) is -0.0141. The van der Waals surface area contributed by atoms with E-state index in [1.54, 1.807) is 32.9 Å². The van der Waals surface area contributed by atoms with Crippen molar-refractivity contribution in [2.45, 2.75) is 39.8 Å². The van der Waals surface area contributed by atoms with Crippen LogP contribution in [0, 0.1) is 0 Å². The lowest BCUT2D eigenvalue weighted by Gasteiger charge is -2.19. The number of alkyl carbamates (subject to hydrolysis) is 1. The smallest absolute Gasteiger partial charge is 0.407 e. The molecule has 0 aromatic heterocycles. The minimum Gasteiger partial charge on any atom is -0.444 e. The fourth-order valence-electron chi connectivity index (χ4n) is 1.44. The molecule has 0 aliphatic heterocycles. The first-order valence-electron chi connectivity index (χ1n) is 5.94. The third kappa shape index (κ3) is 5.87. The summed E-state index contributed by atoms with van der Waals surface area (Å²) in [6, 6.07) is 5.35. The van der Waals surface area contributed by atoms with Gasteiger partial charge >= 0.3 is 6.09 Å². The van der Waals surface area contributed by atoms with Gasteiger partial charge in [0.1, 0.15) is 5.60 Å². The molecule has 0 atom stereocenters. The van der Waals surface area contributed by atoms with Crippen molar-refractivity contribution >= 4 is 27.8 Å². The van der Waals surface area contributed by atoms with Gasteiger partial charge in [0.05, 0.1) is 0 Å². The molecule has 0 aliphatic carbocycles. The molecule has 0 fully saturated rings. The van der Waals surface area contributed by atoms with Crippen LogP contribution in [0.3, 0.4) is 0 Å². The zero-order chi connectivity index (χ0) is 14.6. The van der Waals surface area contributed by atoms with Crippen molar-refractivity contribution in [2.75, 3.05) is 0 Å². The average molecular weight is 328 g/mol. The van der Waals surface area contributed by atoms with Crippen LogP contribution in [0.25, 0.3) is 0 Å². The summed E-state index contributed by atoms with van der Waals surface area (Å²) in [7, 11) is 0. The standard InChI is InChI=1S/C14H18BrNO3/c1-9(17)11-5-10(6-12(15)7-11)8-16-13(18)19-14(2,3)4/h5-7H,8H2,1-4H3,(H,16,18). The minimum atomic E-state index is -0.522. The molecule has 5 heteroatoms. The normalized spacial score (nSPS) is 11.0. The third-order valence-electron chi connectivity index (χ3n) is 2.20. The Balaban J connectivity index is 2.68. The van der Waals surface area contributed by atoms with E-state index in [-0.39, 0.29) is 5.78 Å². The van der Waals surface area contributed by atoms with E-state index in [2.05, 4.69) is 21.2 Å². The maximum atomic E-state index is 11.5. The highest BCUT2D eigenvalue weighted by Gasteiger charge is 2.15. The Labute approximate surface area is 121 Å². The second-order valence-electron chi connectivity index (χ2n) is 5.26. The zero-order valence-corrected chi connectivity index (χ0v) is 13.1. The summed E-state index contributed by atoms with van der Waals surface area (Å²) in [6.07, 6.45) is -0.475. The Bertz CT molecular complexity index is 492. The molecule has 0 saturated heterocycles. The Hall–Kier alpha value is -1.36. The van der Waals surface area contributed by atoms with Gasteiger partial charge in [-0.3, -0.25) is 4.79 Å². The molecule has 0 heterocycles. The van der Waals surface area contributed by atoms with Crippen LogP contribution >= 0.6 is 15.9 Å². The number of halogens is 1. The van der Waals surface area contributed by atoms with Gasteiger partial charge in [-0.15, -0.1) is 0 Å². The Morgan fingerprint density at radius 2 is 1.89 bits per heavy atom. The van der Waals surface area contributed by atoms with E-state index in [9.17, 15) is 9.59 Å². The average Bonchev–Trinajstić information content (AvgIpc) is 2.23. The Kier molecular flexibility index (Phi) is 5.11. The highest BCUT2D eigenvalue weighted by molar-refractivity contribution is 9.10. The molecule has 4 nitrogen and oxygen atoms in total. The van der Waals surface area contributed by atoms with Crippen molar-refractivity contribution in [1.82, 2.24) is 5.32 Å². The SMILES string of the molecule is CC(=O)c1cc(Br)cc(CNC(=O)OC(C)(C)C)c1. The van der Waals surface area contributed by atoms with Gasteiger partial charge < -0.3 is 10.1 Å². The number of hydrogen-bond acceptors (Lipinski definition) is 3. The highest BCUT2D eigenvalue weighted by Crippen LogP contribution is 2.16. The van der Waals surface area contributed by atoms with Crippen molar-refractivity contribution in [3.05, 3.63) is 33.8 Å². The molecule has 0 radical (unpaired) electrons. The predicted molar refractivity (Wildman–Crippen MR) is 77.2 cm³/mol. The number of Topliss-reactive ketones (excluding diaryl/α,β-unsaturated/α-hetero) is 1. The van der Waals surface area contributed by atoms with Gasteiger partial charge in [-0.1, -0.05) is 15.9 Å². The highest BCUT2D eigenvalue weighted by atomic mass is 79.9. The quantitative estimate of drug-likeness (QED) is 0.861. The van der Waals surface area contributed by atoms with Crippen molar-refractivity contribution in [2.24, 2.45) is 0 Å². The number of ether oxygens (including phenoxy) is 1. The van der Waals surface area contributed by atoms with Crippen LogP contribution in [-0.2, 0) is 11.3 Å². The lowest BCUT2D eigenvalue weighted by molar-refractivity contribution is 0.0523. The van der Waals surface area contributed by atoms with Crippen molar-refractivity contribution in [3.8, 4) is 0 Å². The number of carbonyl (C=O) groups is 2. The van der Waals surface area contributed by atoms with Crippen LogP contribution in [0.5, 0.6) is 0 Å². The fourth-order valence-corrected chi connectivity index (χ4v) is 1.98. The van der Waals surface area contributed by atoms with Crippen molar-refractivity contribution < 1.29 is 14.3 Å². The summed E-state index contributed by atoms with van der Waals surface area (Å²) < 4.78 is 5.95. The molecule has 0 unspecified atom stereocenters. The van der Waals surface area contributed by atoms with Crippen LogP contribution < -0.4 is 5.32 Å². The summed E-state index contributed by atoms with van der Waals surface area (Å²) in [5, 5.41) is 2.66. The molecule has 0 spiro atoms. The maximum Gasteiger partial charge on any atom is 0.407 e. The van der Waals surface area contributed by atoms with Crippen molar-refractivity contribution in [1.29, 1.82) is 0 Å². The van der Waals surface area contributed by atoms with E-state index in [0.717, 1.165) is 10.0 Å². The third-order valence-corrected chi connectivity index (χ3v) is 2.66. The maximum absolute atomic E-state index is 11.5. The number of carbonyl (C=O) groups excluding carboxylic acids is 2. The Morgan fingerprint density at radius 1 is 1.26 bits per heavy atom. The number of hydrogen-bond donors (Lipinski definition) is 1. The first-order chi connectivity index (χ1) is 8.67. The van der Waals surface area contributed by atoms with Gasteiger partial charge in [0.15, 0.2) is 5.78 Å². The van der Waals surface area contributed by atoms with Crippen LogP contribution in [0.4, 0.5) is 4.79 Å². The van der Waals surface area contributed by atoms with E-state index in [4.69, 9.17) is 4.74 Å². The number of benzene rings is 1. The number of amides is 1. The van der Waals surface area contributed by atoms with Gasteiger partial charge in [-0.05, 0) is 51.5 Å². The molecular formula is C14H18BrNO3. The second-order valence-corrected chi connectivity index (χ2v) is 6.18. The summed E-state index contributed by atoms with van der Waals surface area (Å²) >= 11 is 3.34. The topological polar surface area (TPSA) is 55.4 Å². The first kappa shape index (κ1) is 15.7. The van der Waals surface area contributed by atoms with Crippen molar-refractivity contribution in [3.63, 3.8) is 0 Å². The lowest BCUT2D eigenvalue weighted by atomic mass is 10.1. The molecular weight excluding hydrogens is 310 g/mol. The predicted octanol–water partition coefficient (Wildman–Crippen LogP) is 3.68. The molecule has 1 aromatic rings. The molecule has 0 aliphatic rings. The molecule has 1 amide bonds. The fraction of sp³-hybridized carbons (Fsp3) is 0.429. The molecule has 104 valence electrons. The summed E-state index contributed by atoms with van der Waals surface area (Å²) in [5.41, 5.74) is 0.923. The van der Waals surface area contributed by atoms with Crippen LogP contribution in [0.2, 0.25) is 0 Å². The zero-order valence-electron chi connectivity index (χ0n) is 11.5. The van der Waals surface area contributed by atoms with Gasteiger partial charge in [-0.25, -0.2) is 4.79 Å². The monoisotopic (exact) mass is 327 g/mol. The summed E-state index contributed by atoms with van der Waals surface area (Å²) in [6.45, 7) is 7.24. The van der Waals surface area contributed by atoms with E-state index in [0.29, 0.717) is 12.1 Å². The van der Waals surface area contributed by atoms with E-state index < -0.39 is 11.7 Å². The molecule has 0 saturated carbocycles. The molecule has 1 rings (SSSR count). The minimum absolute atomic E-state index is 0.0141. The number of nitrogens with one attached hydrogen (secondary N) is 1. The van der Waals surface area contributed by atoms with Crippen LogP contribution in [0.1, 0.15) is 43.6 Å². The molecule has 0 bridgehead atoms. The van der Waals surface area contributed by atoms with Gasteiger partial charge in [0, 0.05) is 16.6 Å². The van der Waals surface area contributed by atoms with Gasteiger partial charge in [0.25, 0.3) is 0 Å². The lowest BCUT2D eigenvalue weighted by Crippen LogP contribution is -2.32. The first-order valence-corrected chi connectivity index (χ1v) is 6.74. The number of ketones is 1. The van der Waals surface area contributed by atoms with E-state index >= 15 is 0 Å². The van der Waals surface area contributed by atoms with Crippen LogP contribution in [0.15, 0.2) is 22.7 Å².